The first-order chi connectivity index (χ1) is 41.7. The Balaban J connectivity index is 1.33. The summed E-state index contributed by atoms with van der Waals surface area (Å²) in [5.74, 6) is -0.829. The molecular weight excluding hydrogens is 781 g/mol. The van der Waals surface area contributed by atoms with E-state index in [-0.39, 0.29) is 28.8 Å². The van der Waals surface area contributed by atoms with Crippen molar-refractivity contribution in [2.75, 3.05) is 0 Å². The lowest BCUT2D eigenvalue weighted by molar-refractivity contribution is 0.953. The average Bonchev–Trinajstić information content (AvgIpc) is 1.50. The SMILES string of the molecule is [2H]c1ccc(-c2ccc(-c3nc(-c4ccccc4C#N)nc(-n4c5c([2H])c([2H])c([2H])c([2H])c5c5c([2H])c([2H])c6c7c([2H])c([2H])c([2H])c([2H])c7n(-c7c([2H])c([2H])c([2H])c([2H])c7-c7c([2H])c([2H])c(-c8c([2H])c([2H])c([2H])c([2H])c8[2H])c([2H])c7[2H])c6c54)n3)cc2)cc1. The zero-order chi connectivity index (χ0) is 63.4. The van der Waals surface area contributed by atoms with E-state index >= 15 is 0 Å². The predicted octanol–water partition coefficient (Wildman–Crippen LogP) is 14.3. The fourth-order valence-corrected chi connectivity index (χ4v) is 7.71. The van der Waals surface area contributed by atoms with Crippen LogP contribution in [0.15, 0.2) is 218 Å². The summed E-state index contributed by atoms with van der Waals surface area (Å²) in [6.07, 6.45) is 0. The van der Waals surface area contributed by atoms with Crippen LogP contribution in [-0.4, -0.2) is 24.1 Å². The van der Waals surface area contributed by atoms with E-state index in [2.05, 4.69) is 6.07 Å². The van der Waals surface area contributed by atoms with Crippen LogP contribution in [0.2, 0.25) is 0 Å². The summed E-state index contributed by atoms with van der Waals surface area (Å²) in [7, 11) is 0. The van der Waals surface area contributed by atoms with E-state index in [0.29, 0.717) is 11.1 Å². The van der Waals surface area contributed by atoms with Crippen LogP contribution in [0.3, 0.4) is 0 Å². The maximum Gasteiger partial charge on any atom is 0.238 e. The summed E-state index contributed by atoms with van der Waals surface area (Å²) in [4.78, 5) is 14.6. The van der Waals surface area contributed by atoms with Gasteiger partial charge in [-0.3, -0.25) is 4.57 Å². The Morgan fingerprint density at radius 2 is 0.953 bits per heavy atom. The summed E-state index contributed by atoms with van der Waals surface area (Å²) in [5, 5.41) is 8.45. The van der Waals surface area contributed by atoms with Crippen LogP contribution in [0.25, 0.3) is 111 Å². The van der Waals surface area contributed by atoms with Crippen molar-refractivity contribution in [2.45, 2.75) is 0 Å². The van der Waals surface area contributed by atoms with Gasteiger partial charge in [-0.2, -0.15) is 15.2 Å². The van der Waals surface area contributed by atoms with Crippen LogP contribution in [0, 0.1) is 11.3 Å². The van der Waals surface area contributed by atoms with Gasteiger partial charge in [-0.1, -0.05) is 188 Å². The minimum atomic E-state index is -1.09. The smallest absolute Gasteiger partial charge is 0.238 e. The molecule has 0 aliphatic carbocycles. The fourth-order valence-electron chi connectivity index (χ4n) is 7.71. The Bertz CT molecular complexity index is 5150. The first-order valence-electron chi connectivity index (χ1n) is 31.4. The fraction of sp³-hybridized carbons (Fsp3) is 0. The largest absolute Gasteiger partial charge is 0.307 e. The van der Waals surface area contributed by atoms with Gasteiger partial charge in [0.2, 0.25) is 5.95 Å². The zero-order valence-corrected chi connectivity index (χ0v) is 32.6. The molecule has 0 aliphatic rings. The summed E-state index contributed by atoms with van der Waals surface area (Å²) in [6.45, 7) is 0. The Morgan fingerprint density at radius 1 is 0.391 bits per heavy atom. The summed E-state index contributed by atoms with van der Waals surface area (Å²) in [5.41, 5.74) is -4.39. The number of nitrogens with zero attached hydrogens (tertiary/aromatic N) is 6. The molecule has 0 atom stereocenters. The molecule has 0 saturated carbocycles. The molecule has 0 amide bonds. The highest BCUT2D eigenvalue weighted by Gasteiger charge is 2.25. The number of rotatable bonds is 7. The highest BCUT2D eigenvalue weighted by Crippen LogP contribution is 2.43. The van der Waals surface area contributed by atoms with Crippen molar-refractivity contribution in [3.8, 4) is 73.9 Å². The number of para-hydroxylation sites is 3. The second-order valence-corrected chi connectivity index (χ2v) is 14.1. The molecule has 0 bridgehead atoms. The van der Waals surface area contributed by atoms with Crippen molar-refractivity contribution in [1.29, 1.82) is 5.26 Å². The normalized spacial score (nSPS) is 16.7. The number of fused-ring (bicyclic) bond motifs is 7. The van der Waals surface area contributed by atoms with Gasteiger partial charge < -0.3 is 4.57 Å². The molecule has 0 N–H and O–H groups in total. The van der Waals surface area contributed by atoms with Crippen molar-refractivity contribution in [2.24, 2.45) is 0 Å². The second-order valence-electron chi connectivity index (χ2n) is 14.1. The third kappa shape index (κ3) is 6.06. The Kier molecular flexibility index (Phi) is 4.72. The van der Waals surface area contributed by atoms with Crippen molar-refractivity contribution >= 4 is 43.6 Å². The lowest BCUT2D eigenvalue weighted by Gasteiger charge is -2.16. The van der Waals surface area contributed by atoms with E-state index in [9.17, 15) is 23.1 Å². The number of hydrogen-bond acceptors (Lipinski definition) is 4. The van der Waals surface area contributed by atoms with Crippen molar-refractivity contribution in [3.63, 3.8) is 0 Å². The van der Waals surface area contributed by atoms with Gasteiger partial charge in [0.05, 0.1) is 72.3 Å². The second kappa shape index (κ2) is 15.2. The molecule has 0 fully saturated rings. The summed E-state index contributed by atoms with van der Waals surface area (Å²) < 4.78 is 222. The van der Waals surface area contributed by atoms with Gasteiger partial charge in [-0.05, 0) is 58.1 Å². The Morgan fingerprint density at radius 3 is 1.69 bits per heavy atom. The molecular formula is C58H36N6. The first-order valence-corrected chi connectivity index (χ1v) is 19.4. The number of aromatic nitrogens is 5. The van der Waals surface area contributed by atoms with Gasteiger partial charge in [-0.25, -0.2) is 4.98 Å². The summed E-state index contributed by atoms with van der Waals surface area (Å²) in [6, 6.07) is 0.743. The van der Waals surface area contributed by atoms with Crippen molar-refractivity contribution in [1.82, 2.24) is 24.1 Å². The van der Waals surface area contributed by atoms with Crippen LogP contribution in [0.5, 0.6) is 0 Å². The van der Waals surface area contributed by atoms with E-state index in [0.717, 1.165) is 14.7 Å². The quantitative estimate of drug-likeness (QED) is 0.160. The van der Waals surface area contributed by atoms with Crippen molar-refractivity contribution < 1.29 is 32.9 Å². The third-order valence-corrected chi connectivity index (χ3v) is 10.6. The van der Waals surface area contributed by atoms with Gasteiger partial charge in [0.1, 0.15) is 0 Å². The first kappa shape index (κ1) is 19.9. The maximum atomic E-state index is 10.5. The molecule has 0 saturated heterocycles. The molecule has 298 valence electrons. The van der Waals surface area contributed by atoms with Crippen molar-refractivity contribution in [3.05, 3.63) is 223 Å². The molecule has 12 rings (SSSR count). The predicted molar refractivity (Wildman–Crippen MR) is 260 cm³/mol. The third-order valence-electron chi connectivity index (χ3n) is 10.6. The number of nitriles is 1. The molecule has 12 aromatic rings. The summed E-state index contributed by atoms with van der Waals surface area (Å²) >= 11 is 0. The number of hydrogen-bond donors (Lipinski definition) is 0. The van der Waals surface area contributed by atoms with Crippen LogP contribution in [0.4, 0.5) is 0 Å². The van der Waals surface area contributed by atoms with Crippen LogP contribution in [0.1, 0.15) is 38.5 Å². The standard InChI is InChI=1S/C58H36N6/c59-37-44-19-7-8-21-46(44)57-60-56(43-33-29-41(30-34-43)39-17-5-2-6-18-39)61-58(62-57)64-53-26-14-11-23-48(53)50-36-35-49-47-22-10-13-25-52(47)63(54(49)55(50)64)51-24-12-9-20-45(51)42-31-27-40(28-32-42)38-15-3-1-4-16-38/h1-36H/i1D,2D,3D,4D,9D,10D,11D,12D,13D,14D,15D,16D,20D,22D,23D,24D,25D,26D,27D,28D,31D,32D,35D,36D. The highest BCUT2D eigenvalue weighted by molar-refractivity contribution is 6.24. The molecule has 0 aliphatic heterocycles. The molecule has 64 heavy (non-hydrogen) atoms. The van der Waals surface area contributed by atoms with Crippen LogP contribution in [-0.2, 0) is 0 Å². The molecule has 3 aromatic heterocycles. The van der Waals surface area contributed by atoms with Gasteiger partial charge in [0.15, 0.2) is 11.6 Å². The molecule has 6 heteroatoms. The van der Waals surface area contributed by atoms with Gasteiger partial charge in [-0.15, -0.1) is 0 Å². The molecule has 0 spiro atoms. The topological polar surface area (TPSA) is 72.3 Å². The van der Waals surface area contributed by atoms with E-state index in [4.69, 9.17) is 30.0 Å². The Hall–Kier alpha value is -8.92. The van der Waals surface area contributed by atoms with E-state index in [1.165, 1.54) is 12.1 Å². The van der Waals surface area contributed by atoms with Gasteiger partial charge >= 0.3 is 0 Å². The Labute approximate surface area is 403 Å². The molecule has 0 radical (unpaired) electrons. The van der Waals surface area contributed by atoms with Crippen LogP contribution < -0.4 is 0 Å². The average molecular weight is 841 g/mol. The molecule has 0 unspecified atom stereocenters. The van der Waals surface area contributed by atoms with E-state index in [1.807, 2.05) is 0 Å². The monoisotopic (exact) mass is 840 g/mol. The van der Waals surface area contributed by atoms with E-state index < -0.39 is 216 Å². The van der Waals surface area contributed by atoms with Gasteiger partial charge in [0, 0.05) is 38.2 Å². The lowest BCUT2D eigenvalue weighted by Crippen LogP contribution is -2.08. The highest BCUT2D eigenvalue weighted by atomic mass is 15.2. The molecule has 6 nitrogen and oxygen atoms in total. The lowest BCUT2D eigenvalue weighted by atomic mass is 9.99. The number of benzene rings is 9. The zero-order valence-electron chi connectivity index (χ0n) is 56.6. The van der Waals surface area contributed by atoms with Crippen LogP contribution >= 0.6 is 0 Å². The molecule has 9 aromatic carbocycles. The maximum absolute atomic E-state index is 10.5. The van der Waals surface area contributed by atoms with E-state index in [1.54, 1.807) is 60.7 Å². The molecule has 3 heterocycles. The minimum absolute atomic E-state index is 0.0577. The van der Waals surface area contributed by atoms with Gasteiger partial charge in [0.25, 0.3) is 0 Å². The minimum Gasteiger partial charge on any atom is -0.307 e.